The third-order valence-electron chi connectivity index (χ3n) is 4.07. The fraction of sp³-hybridized carbons (Fsp3) is 0.650. The fourth-order valence-electron chi connectivity index (χ4n) is 2.70. The number of carbonyl (C=O) groups excluding carboxylic acids is 1. The van der Waals surface area contributed by atoms with E-state index in [4.69, 9.17) is 10.5 Å². The summed E-state index contributed by atoms with van der Waals surface area (Å²) in [6.07, 6.45) is 10.8. The standard InChI is InChI=1S/C20H33NO2/c1-3-5-7-10-17-13-14-19(23-15-9-12-20(21)22)18(16-17)11-8-6-4-2/h13-14,16H,3-12,15H2,1-2H3,(H2,21,22). The van der Waals surface area contributed by atoms with Gasteiger partial charge in [0.1, 0.15) is 5.75 Å². The van der Waals surface area contributed by atoms with Crippen LogP contribution in [0.4, 0.5) is 0 Å². The second kappa shape index (κ2) is 12.0. The average molecular weight is 319 g/mol. The van der Waals surface area contributed by atoms with Gasteiger partial charge in [-0.25, -0.2) is 0 Å². The zero-order chi connectivity index (χ0) is 16.9. The van der Waals surface area contributed by atoms with Crippen molar-refractivity contribution in [2.75, 3.05) is 6.61 Å². The van der Waals surface area contributed by atoms with E-state index in [1.807, 2.05) is 0 Å². The zero-order valence-electron chi connectivity index (χ0n) is 14.9. The summed E-state index contributed by atoms with van der Waals surface area (Å²) in [6, 6.07) is 6.60. The van der Waals surface area contributed by atoms with Crippen molar-refractivity contribution in [3.05, 3.63) is 29.3 Å². The molecule has 0 aromatic heterocycles. The number of hydrogen-bond donors (Lipinski definition) is 1. The maximum Gasteiger partial charge on any atom is 0.217 e. The average Bonchev–Trinajstić information content (AvgIpc) is 2.53. The van der Waals surface area contributed by atoms with Crippen molar-refractivity contribution >= 4 is 5.91 Å². The van der Waals surface area contributed by atoms with Gasteiger partial charge in [0, 0.05) is 6.42 Å². The summed E-state index contributed by atoms with van der Waals surface area (Å²) in [6.45, 7) is 5.01. The van der Waals surface area contributed by atoms with Crippen LogP contribution in [0.5, 0.6) is 5.75 Å². The molecule has 0 heterocycles. The summed E-state index contributed by atoms with van der Waals surface area (Å²) >= 11 is 0. The smallest absolute Gasteiger partial charge is 0.217 e. The van der Waals surface area contributed by atoms with Crippen LogP contribution in [0.1, 0.15) is 76.3 Å². The van der Waals surface area contributed by atoms with Crippen LogP contribution >= 0.6 is 0 Å². The SMILES string of the molecule is CCCCCc1ccc(OCCCC(N)=O)c(CCCCC)c1. The van der Waals surface area contributed by atoms with Gasteiger partial charge >= 0.3 is 0 Å². The topological polar surface area (TPSA) is 52.3 Å². The molecule has 0 saturated heterocycles. The van der Waals surface area contributed by atoms with E-state index in [9.17, 15) is 4.79 Å². The number of unbranched alkanes of at least 4 members (excludes halogenated alkanes) is 4. The molecule has 3 nitrogen and oxygen atoms in total. The molecule has 0 bridgehead atoms. The predicted octanol–water partition coefficient (Wildman–Crippen LogP) is 4.80. The van der Waals surface area contributed by atoms with Gasteiger partial charge in [-0.15, -0.1) is 0 Å². The number of rotatable bonds is 13. The minimum atomic E-state index is -0.261. The van der Waals surface area contributed by atoms with Crippen LogP contribution in [0.15, 0.2) is 18.2 Å². The summed E-state index contributed by atoms with van der Waals surface area (Å²) in [4.78, 5) is 10.8. The van der Waals surface area contributed by atoms with Crippen LogP contribution < -0.4 is 10.5 Å². The van der Waals surface area contributed by atoms with Gasteiger partial charge in [-0.2, -0.15) is 0 Å². The van der Waals surface area contributed by atoms with Crippen molar-refractivity contribution in [2.45, 2.75) is 78.1 Å². The summed E-state index contributed by atoms with van der Waals surface area (Å²) in [5.74, 6) is 0.716. The first kappa shape index (κ1) is 19.5. The number of carbonyl (C=O) groups is 1. The lowest BCUT2D eigenvalue weighted by Crippen LogP contribution is -2.12. The molecular formula is C20H33NO2. The number of hydrogen-bond acceptors (Lipinski definition) is 2. The Morgan fingerprint density at radius 1 is 1.00 bits per heavy atom. The van der Waals surface area contributed by atoms with Gasteiger partial charge in [-0.05, 0) is 49.3 Å². The molecule has 0 spiro atoms. The number of primary amides is 1. The molecule has 23 heavy (non-hydrogen) atoms. The summed E-state index contributed by atoms with van der Waals surface area (Å²) in [5, 5.41) is 0. The molecule has 0 radical (unpaired) electrons. The molecule has 0 saturated carbocycles. The van der Waals surface area contributed by atoms with Crippen LogP contribution in [0, 0.1) is 0 Å². The molecule has 3 heteroatoms. The predicted molar refractivity (Wildman–Crippen MR) is 96.8 cm³/mol. The largest absolute Gasteiger partial charge is 0.493 e. The van der Waals surface area contributed by atoms with Gasteiger partial charge < -0.3 is 10.5 Å². The van der Waals surface area contributed by atoms with Crippen LogP contribution in [-0.4, -0.2) is 12.5 Å². The number of amides is 1. The second-order valence-electron chi connectivity index (χ2n) is 6.27. The van der Waals surface area contributed by atoms with Gasteiger partial charge in [0.25, 0.3) is 0 Å². The Morgan fingerprint density at radius 3 is 2.35 bits per heavy atom. The first-order valence-electron chi connectivity index (χ1n) is 9.20. The Kier molecular flexibility index (Phi) is 10.2. The summed E-state index contributed by atoms with van der Waals surface area (Å²) in [7, 11) is 0. The second-order valence-corrected chi connectivity index (χ2v) is 6.27. The highest BCUT2D eigenvalue weighted by atomic mass is 16.5. The van der Waals surface area contributed by atoms with Crippen LogP contribution in [0.3, 0.4) is 0 Å². The van der Waals surface area contributed by atoms with Crippen molar-refractivity contribution in [1.82, 2.24) is 0 Å². The third kappa shape index (κ3) is 8.63. The van der Waals surface area contributed by atoms with Crippen molar-refractivity contribution in [1.29, 1.82) is 0 Å². The first-order chi connectivity index (χ1) is 11.2. The van der Waals surface area contributed by atoms with E-state index in [1.165, 1.54) is 49.7 Å². The molecule has 0 aliphatic heterocycles. The van der Waals surface area contributed by atoms with Gasteiger partial charge in [0.05, 0.1) is 6.61 Å². The normalized spacial score (nSPS) is 10.7. The quantitative estimate of drug-likeness (QED) is 0.531. The highest BCUT2D eigenvalue weighted by Gasteiger charge is 2.06. The Labute approximate surface area is 141 Å². The molecule has 1 aromatic carbocycles. The van der Waals surface area contributed by atoms with Gasteiger partial charge in [0.2, 0.25) is 5.91 Å². The molecule has 130 valence electrons. The monoisotopic (exact) mass is 319 g/mol. The molecule has 0 aliphatic rings. The van der Waals surface area contributed by atoms with E-state index in [0.29, 0.717) is 19.4 Å². The zero-order valence-corrected chi connectivity index (χ0v) is 14.9. The molecular weight excluding hydrogens is 286 g/mol. The maximum atomic E-state index is 10.8. The lowest BCUT2D eigenvalue weighted by Gasteiger charge is -2.13. The summed E-state index contributed by atoms with van der Waals surface area (Å²) in [5.41, 5.74) is 7.89. The van der Waals surface area contributed by atoms with Crippen LogP contribution in [0.2, 0.25) is 0 Å². The lowest BCUT2D eigenvalue weighted by atomic mass is 10.00. The molecule has 1 aromatic rings. The van der Waals surface area contributed by atoms with Crippen molar-refractivity contribution in [3.63, 3.8) is 0 Å². The summed E-state index contributed by atoms with van der Waals surface area (Å²) < 4.78 is 5.89. The van der Waals surface area contributed by atoms with Crippen LogP contribution in [-0.2, 0) is 17.6 Å². The molecule has 0 atom stereocenters. The third-order valence-corrected chi connectivity index (χ3v) is 4.07. The number of benzene rings is 1. The molecule has 1 amide bonds. The van der Waals surface area contributed by atoms with E-state index in [0.717, 1.165) is 18.6 Å². The maximum absolute atomic E-state index is 10.8. The van der Waals surface area contributed by atoms with Gasteiger partial charge in [0.15, 0.2) is 0 Å². The van der Waals surface area contributed by atoms with E-state index < -0.39 is 0 Å². The molecule has 1 rings (SSSR count). The highest BCUT2D eigenvalue weighted by Crippen LogP contribution is 2.24. The van der Waals surface area contributed by atoms with E-state index in [1.54, 1.807) is 0 Å². The molecule has 2 N–H and O–H groups in total. The minimum Gasteiger partial charge on any atom is -0.493 e. The molecule has 0 aliphatic carbocycles. The Balaban J connectivity index is 2.63. The van der Waals surface area contributed by atoms with Crippen molar-refractivity contribution < 1.29 is 9.53 Å². The van der Waals surface area contributed by atoms with Crippen molar-refractivity contribution in [2.24, 2.45) is 5.73 Å². The van der Waals surface area contributed by atoms with Gasteiger partial charge in [-0.3, -0.25) is 4.79 Å². The van der Waals surface area contributed by atoms with Crippen molar-refractivity contribution in [3.8, 4) is 5.75 Å². The number of aryl methyl sites for hydroxylation is 2. The fourth-order valence-corrected chi connectivity index (χ4v) is 2.70. The Hall–Kier alpha value is -1.51. The van der Waals surface area contributed by atoms with Crippen LogP contribution in [0.25, 0.3) is 0 Å². The Bertz CT molecular complexity index is 457. The minimum absolute atomic E-state index is 0.261. The van der Waals surface area contributed by atoms with E-state index in [2.05, 4.69) is 32.0 Å². The lowest BCUT2D eigenvalue weighted by molar-refractivity contribution is -0.118. The van der Waals surface area contributed by atoms with E-state index >= 15 is 0 Å². The highest BCUT2D eigenvalue weighted by molar-refractivity contribution is 5.73. The van der Waals surface area contributed by atoms with E-state index in [-0.39, 0.29) is 5.91 Å². The molecule has 0 fully saturated rings. The number of nitrogens with two attached hydrogens (primary N) is 1. The molecule has 0 unspecified atom stereocenters. The van der Waals surface area contributed by atoms with Gasteiger partial charge in [-0.1, -0.05) is 51.7 Å². The first-order valence-corrected chi connectivity index (χ1v) is 9.20. The number of ether oxygens (including phenoxy) is 1. The Morgan fingerprint density at radius 2 is 1.70 bits per heavy atom.